The Morgan fingerprint density at radius 2 is 1.72 bits per heavy atom. The third-order valence-electron chi connectivity index (χ3n) is 4.68. The van der Waals surface area contributed by atoms with Crippen LogP contribution in [0.1, 0.15) is 12.5 Å². The topological polar surface area (TPSA) is 91.0 Å². The molecule has 8 heteroatoms. The second kappa shape index (κ2) is 8.74. The zero-order chi connectivity index (χ0) is 20.9. The van der Waals surface area contributed by atoms with E-state index in [2.05, 4.69) is 10.7 Å². The number of hydrazine groups is 1. The zero-order valence-electron chi connectivity index (χ0n) is 16.4. The lowest BCUT2D eigenvalue weighted by atomic mass is 9.92. The summed E-state index contributed by atoms with van der Waals surface area (Å²) in [5.41, 5.74) is 1.82. The van der Waals surface area contributed by atoms with Crippen LogP contribution in [0.2, 0.25) is 0 Å². The lowest BCUT2D eigenvalue weighted by molar-refractivity contribution is -0.139. The highest BCUT2D eigenvalue weighted by Crippen LogP contribution is 2.27. The number of benzene rings is 2. The Kier molecular flexibility index (Phi) is 6.13. The van der Waals surface area contributed by atoms with E-state index in [4.69, 9.17) is 4.74 Å². The Morgan fingerprint density at radius 3 is 2.38 bits per heavy atom. The van der Waals surface area contributed by atoms with Crippen molar-refractivity contribution in [3.63, 3.8) is 0 Å². The molecule has 1 aliphatic rings. The summed E-state index contributed by atoms with van der Waals surface area (Å²) in [7, 11) is 1.76. The lowest BCUT2D eigenvalue weighted by Crippen LogP contribution is -2.50. The largest absolute Gasteiger partial charge is 0.492 e. The molecule has 2 aromatic carbocycles. The van der Waals surface area contributed by atoms with Crippen LogP contribution in [0.25, 0.3) is 0 Å². The Morgan fingerprint density at radius 1 is 1.10 bits per heavy atom. The number of hydrogen-bond acceptors (Lipinski definition) is 5. The van der Waals surface area contributed by atoms with E-state index >= 15 is 0 Å². The first kappa shape index (κ1) is 20.3. The highest BCUT2D eigenvalue weighted by atomic mass is 16.5. The number of hydrogen-bond donors (Lipinski definition) is 2. The van der Waals surface area contributed by atoms with Gasteiger partial charge in [-0.25, -0.2) is 4.79 Å². The van der Waals surface area contributed by atoms with Crippen molar-refractivity contribution in [1.29, 1.82) is 0 Å². The molecule has 0 aromatic heterocycles. The fourth-order valence-electron chi connectivity index (χ4n) is 3.03. The van der Waals surface area contributed by atoms with Gasteiger partial charge in [0.2, 0.25) is 0 Å². The van der Waals surface area contributed by atoms with E-state index in [1.165, 1.54) is 0 Å². The van der Waals surface area contributed by atoms with Gasteiger partial charge in [0.05, 0.1) is 6.54 Å². The summed E-state index contributed by atoms with van der Waals surface area (Å²) in [6, 6.07) is 17.6. The second-order valence-electron chi connectivity index (χ2n) is 7.00. The number of nitrogens with zero attached hydrogens (tertiary/aromatic N) is 2. The fraction of sp³-hybridized carbons (Fsp3) is 0.286. The molecule has 0 saturated carbocycles. The molecule has 2 aromatic rings. The highest BCUT2D eigenvalue weighted by Gasteiger charge is 2.49. The van der Waals surface area contributed by atoms with Gasteiger partial charge in [0.25, 0.3) is 11.8 Å². The van der Waals surface area contributed by atoms with E-state index in [1.807, 2.05) is 36.4 Å². The zero-order valence-corrected chi connectivity index (χ0v) is 16.4. The van der Waals surface area contributed by atoms with Gasteiger partial charge in [0, 0.05) is 6.54 Å². The molecule has 8 nitrogen and oxygen atoms in total. The predicted octanol–water partition coefficient (Wildman–Crippen LogP) is 1.50. The summed E-state index contributed by atoms with van der Waals surface area (Å²) in [4.78, 5) is 39.1. The van der Waals surface area contributed by atoms with Gasteiger partial charge in [-0.1, -0.05) is 48.5 Å². The Hall–Kier alpha value is -3.39. The Balaban J connectivity index is 1.51. The van der Waals surface area contributed by atoms with Crippen molar-refractivity contribution in [3.05, 3.63) is 66.2 Å². The smallest absolute Gasteiger partial charge is 0.344 e. The van der Waals surface area contributed by atoms with Crippen LogP contribution in [-0.2, 0) is 15.1 Å². The number of urea groups is 1. The predicted molar refractivity (Wildman–Crippen MR) is 107 cm³/mol. The molecule has 1 aliphatic heterocycles. The van der Waals surface area contributed by atoms with Gasteiger partial charge in [-0.15, -0.1) is 0 Å². The summed E-state index contributed by atoms with van der Waals surface area (Å²) in [6.07, 6.45) is 0. The molecule has 1 saturated heterocycles. The van der Waals surface area contributed by atoms with Crippen molar-refractivity contribution < 1.29 is 19.1 Å². The number of imide groups is 1. The maximum absolute atomic E-state index is 12.8. The van der Waals surface area contributed by atoms with Crippen molar-refractivity contribution in [2.45, 2.75) is 12.5 Å². The first-order valence-electron chi connectivity index (χ1n) is 9.28. The summed E-state index contributed by atoms with van der Waals surface area (Å²) in [5, 5.41) is 3.39. The number of carbonyl (C=O) groups excluding carboxylic acids is 3. The molecule has 1 heterocycles. The van der Waals surface area contributed by atoms with Gasteiger partial charge in [0.1, 0.15) is 17.9 Å². The van der Waals surface area contributed by atoms with Crippen LogP contribution in [0.4, 0.5) is 4.79 Å². The van der Waals surface area contributed by atoms with Crippen molar-refractivity contribution in [3.8, 4) is 5.75 Å². The number of ether oxygens (including phenoxy) is 1. The molecule has 4 amide bonds. The van der Waals surface area contributed by atoms with Crippen LogP contribution in [0.3, 0.4) is 0 Å². The SMILES string of the molecule is CN(CCOc1ccccc1)CC(=O)NN1C(=O)N[C@@](C)(c2ccccc2)C1=O. The highest BCUT2D eigenvalue weighted by molar-refractivity contribution is 6.08. The molecule has 0 spiro atoms. The monoisotopic (exact) mass is 396 g/mol. The van der Waals surface area contributed by atoms with E-state index in [0.29, 0.717) is 18.7 Å². The normalized spacial score (nSPS) is 18.7. The van der Waals surface area contributed by atoms with E-state index in [1.54, 1.807) is 43.1 Å². The van der Waals surface area contributed by atoms with Crippen molar-refractivity contribution in [2.24, 2.45) is 0 Å². The number of likely N-dealkylation sites (N-methyl/N-ethyl adjacent to an activating group) is 1. The van der Waals surface area contributed by atoms with Crippen LogP contribution < -0.4 is 15.5 Å². The van der Waals surface area contributed by atoms with Crippen molar-refractivity contribution in [1.82, 2.24) is 20.7 Å². The Bertz CT molecular complexity index is 875. The molecule has 0 unspecified atom stereocenters. The molecule has 0 aliphatic carbocycles. The minimum atomic E-state index is -1.22. The molecule has 152 valence electrons. The summed E-state index contributed by atoms with van der Waals surface area (Å²) in [5.74, 6) is -0.241. The molecule has 0 bridgehead atoms. The summed E-state index contributed by atoms with van der Waals surface area (Å²) < 4.78 is 5.60. The minimum Gasteiger partial charge on any atom is -0.492 e. The maximum Gasteiger partial charge on any atom is 0.344 e. The van der Waals surface area contributed by atoms with Crippen molar-refractivity contribution >= 4 is 17.8 Å². The lowest BCUT2D eigenvalue weighted by Gasteiger charge is -2.22. The first-order valence-corrected chi connectivity index (χ1v) is 9.28. The molecule has 2 N–H and O–H groups in total. The first-order chi connectivity index (χ1) is 13.9. The average Bonchev–Trinajstić information content (AvgIpc) is 2.93. The van der Waals surface area contributed by atoms with Gasteiger partial charge >= 0.3 is 6.03 Å². The van der Waals surface area contributed by atoms with Crippen LogP contribution in [0.5, 0.6) is 5.75 Å². The van der Waals surface area contributed by atoms with Gasteiger partial charge in [-0.05, 0) is 31.7 Å². The molecular formula is C21H24N4O4. The van der Waals surface area contributed by atoms with E-state index in [0.717, 1.165) is 10.8 Å². The third-order valence-corrected chi connectivity index (χ3v) is 4.68. The maximum atomic E-state index is 12.8. The number of amides is 4. The molecule has 1 fully saturated rings. The van der Waals surface area contributed by atoms with Crippen LogP contribution in [0, 0.1) is 0 Å². The number of rotatable bonds is 8. The van der Waals surface area contributed by atoms with Gasteiger partial charge < -0.3 is 10.1 Å². The quantitative estimate of drug-likeness (QED) is 0.660. The standard InChI is InChI=1S/C21H24N4O4/c1-21(16-9-5-3-6-10-16)19(27)25(20(28)22-21)23-18(26)15-24(2)13-14-29-17-11-7-4-8-12-17/h3-12H,13-15H2,1-2H3,(H,22,28)(H,23,26)/t21-/m0/s1. The molecule has 3 rings (SSSR count). The number of carbonyl (C=O) groups is 3. The van der Waals surface area contributed by atoms with E-state index < -0.39 is 23.4 Å². The van der Waals surface area contributed by atoms with Gasteiger partial charge in [0.15, 0.2) is 0 Å². The van der Waals surface area contributed by atoms with Crippen LogP contribution >= 0.6 is 0 Å². The minimum absolute atomic E-state index is 0.0112. The third kappa shape index (κ3) is 4.72. The molecule has 0 radical (unpaired) electrons. The Labute approximate surface area is 169 Å². The molecule has 1 atom stereocenters. The summed E-state index contributed by atoms with van der Waals surface area (Å²) >= 11 is 0. The van der Waals surface area contributed by atoms with Gasteiger partial charge in [-0.2, -0.15) is 5.01 Å². The van der Waals surface area contributed by atoms with Gasteiger partial charge in [-0.3, -0.25) is 19.9 Å². The van der Waals surface area contributed by atoms with Crippen LogP contribution in [-0.4, -0.2) is 54.5 Å². The molecule has 29 heavy (non-hydrogen) atoms. The second-order valence-corrected chi connectivity index (χ2v) is 7.00. The number of para-hydroxylation sites is 1. The number of nitrogens with one attached hydrogen (secondary N) is 2. The van der Waals surface area contributed by atoms with E-state index in [-0.39, 0.29) is 6.54 Å². The summed E-state index contributed by atoms with van der Waals surface area (Å²) in [6.45, 7) is 2.53. The molecular weight excluding hydrogens is 372 g/mol. The van der Waals surface area contributed by atoms with Crippen LogP contribution in [0.15, 0.2) is 60.7 Å². The van der Waals surface area contributed by atoms with E-state index in [9.17, 15) is 14.4 Å². The fourth-order valence-corrected chi connectivity index (χ4v) is 3.03. The average molecular weight is 396 g/mol. The van der Waals surface area contributed by atoms with Crippen molar-refractivity contribution in [2.75, 3.05) is 26.7 Å².